The van der Waals surface area contributed by atoms with Crippen LogP contribution >= 0.6 is 7.26 Å². The lowest BCUT2D eigenvalue weighted by Crippen LogP contribution is -2.33. The second-order valence-electron chi connectivity index (χ2n) is 8.80. The standard InChI is InChI=1S/C31H34NO2P/c32-25-26-20-21-27(24-31(26)33)34-22-12-1-2-13-23-35(28-14-6-3-7-15-28,29-16-8-4-9-17-29)30-18-10-5-11-19-30/h3-11,14-21,24H,1-2,12-13,22-23,25,32H2/p+1. The minimum atomic E-state index is -1.74. The number of hydrogen-bond donors (Lipinski definition) is 2. The monoisotopic (exact) mass is 484 g/mol. The van der Waals surface area contributed by atoms with Crippen LogP contribution in [0.3, 0.4) is 0 Å². The molecule has 0 spiro atoms. The predicted molar refractivity (Wildman–Crippen MR) is 150 cm³/mol. The maximum absolute atomic E-state index is 9.97. The van der Waals surface area contributed by atoms with Gasteiger partial charge in [-0.05, 0) is 68.1 Å². The van der Waals surface area contributed by atoms with Gasteiger partial charge in [-0.2, -0.15) is 0 Å². The first kappa shape index (κ1) is 25.0. The van der Waals surface area contributed by atoms with E-state index < -0.39 is 7.26 Å². The summed E-state index contributed by atoms with van der Waals surface area (Å²) in [4.78, 5) is 0. The van der Waals surface area contributed by atoms with Gasteiger partial charge in [-0.1, -0.05) is 60.7 Å². The summed E-state index contributed by atoms with van der Waals surface area (Å²) in [6.45, 7) is 0.975. The van der Waals surface area contributed by atoms with Gasteiger partial charge in [0, 0.05) is 18.2 Å². The average molecular weight is 485 g/mol. The van der Waals surface area contributed by atoms with Crippen molar-refractivity contribution in [2.45, 2.75) is 32.2 Å². The Morgan fingerprint density at radius 3 is 1.63 bits per heavy atom. The molecule has 35 heavy (non-hydrogen) atoms. The van der Waals surface area contributed by atoms with Crippen LogP contribution in [0, 0.1) is 0 Å². The van der Waals surface area contributed by atoms with E-state index in [2.05, 4.69) is 91.0 Å². The quantitative estimate of drug-likeness (QED) is 0.198. The Hall–Kier alpha value is -3.13. The van der Waals surface area contributed by atoms with Gasteiger partial charge in [0.15, 0.2) is 0 Å². The summed E-state index contributed by atoms with van der Waals surface area (Å²) in [5.41, 5.74) is 6.35. The minimum Gasteiger partial charge on any atom is -0.507 e. The molecule has 4 heteroatoms. The summed E-state index contributed by atoms with van der Waals surface area (Å²) in [6, 6.07) is 38.6. The van der Waals surface area contributed by atoms with Crippen molar-refractivity contribution in [1.29, 1.82) is 0 Å². The number of unbranched alkanes of at least 4 members (excludes halogenated alkanes) is 3. The normalized spacial score (nSPS) is 11.3. The molecule has 0 aliphatic carbocycles. The fourth-order valence-corrected chi connectivity index (χ4v) is 9.09. The maximum Gasteiger partial charge on any atom is 0.123 e. The predicted octanol–water partition coefficient (Wildman–Crippen LogP) is 5.78. The summed E-state index contributed by atoms with van der Waals surface area (Å²) < 4.78 is 5.85. The molecule has 180 valence electrons. The van der Waals surface area contributed by atoms with Gasteiger partial charge < -0.3 is 15.6 Å². The second-order valence-corrected chi connectivity index (χ2v) is 12.4. The molecule has 4 aromatic carbocycles. The van der Waals surface area contributed by atoms with E-state index in [1.165, 1.54) is 22.3 Å². The smallest absolute Gasteiger partial charge is 0.123 e. The number of phenols is 1. The molecular formula is C31H35NO2P+. The fraction of sp³-hybridized carbons (Fsp3) is 0.226. The molecule has 0 atom stereocenters. The van der Waals surface area contributed by atoms with Crippen LogP contribution in [0.2, 0.25) is 0 Å². The number of aromatic hydroxyl groups is 1. The molecule has 0 saturated carbocycles. The van der Waals surface area contributed by atoms with Crippen LogP contribution in [0.4, 0.5) is 0 Å². The first-order chi connectivity index (χ1) is 17.2. The molecule has 3 nitrogen and oxygen atoms in total. The summed E-state index contributed by atoms with van der Waals surface area (Å²) in [5.74, 6) is 0.898. The highest BCUT2D eigenvalue weighted by Gasteiger charge is 2.44. The number of ether oxygens (including phenoxy) is 1. The molecule has 0 radical (unpaired) electrons. The lowest BCUT2D eigenvalue weighted by atomic mass is 10.2. The third-order valence-electron chi connectivity index (χ3n) is 6.52. The van der Waals surface area contributed by atoms with Crippen molar-refractivity contribution in [3.63, 3.8) is 0 Å². The van der Waals surface area contributed by atoms with Crippen molar-refractivity contribution in [2.75, 3.05) is 12.8 Å². The topological polar surface area (TPSA) is 55.5 Å². The Kier molecular flexibility index (Phi) is 8.95. The van der Waals surface area contributed by atoms with Gasteiger partial charge >= 0.3 is 0 Å². The fourth-order valence-electron chi connectivity index (χ4n) is 4.68. The van der Waals surface area contributed by atoms with Crippen molar-refractivity contribution >= 4 is 23.2 Å². The van der Waals surface area contributed by atoms with Gasteiger partial charge in [-0.25, -0.2) is 0 Å². The molecule has 4 aromatic rings. The third kappa shape index (κ3) is 6.11. The Morgan fingerprint density at radius 2 is 1.14 bits per heavy atom. The van der Waals surface area contributed by atoms with E-state index in [9.17, 15) is 5.11 Å². The molecule has 0 heterocycles. The zero-order valence-electron chi connectivity index (χ0n) is 20.2. The molecule has 0 aromatic heterocycles. The first-order valence-electron chi connectivity index (χ1n) is 12.4. The van der Waals surface area contributed by atoms with E-state index in [0.717, 1.165) is 31.0 Å². The van der Waals surface area contributed by atoms with Crippen LogP contribution in [-0.2, 0) is 6.54 Å². The highest BCUT2D eigenvalue weighted by Crippen LogP contribution is 2.55. The van der Waals surface area contributed by atoms with Gasteiger partial charge in [0.1, 0.15) is 34.7 Å². The van der Waals surface area contributed by atoms with Crippen molar-refractivity contribution in [3.05, 3.63) is 115 Å². The van der Waals surface area contributed by atoms with E-state index >= 15 is 0 Å². The van der Waals surface area contributed by atoms with Crippen LogP contribution in [-0.4, -0.2) is 17.9 Å². The number of hydrogen-bond acceptors (Lipinski definition) is 3. The molecule has 3 N–H and O–H groups in total. The number of rotatable bonds is 12. The molecule has 0 aliphatic rings. The number of phenolic OH excluding ortho intramolecular Hbond substituents is 1. The molecule has 0 fully saturated rings. The first-order valence-corrected chi connectivity index (χ1v) is 14.4. The minimum absolute atomic E-state index is 0.202. The molecule has 0 amide bonds. The SMILES string of the molecule is NCc1ccc(OCCCCCC[P+](c2ccccc2)(c2ccccc2)c2ccccc2)cc1O. The molecule has 4 rings (SSSR count). The van der Waals surface area contributed by atoms with Crippen molar-refractivity contribution in [3.8, 4) is 11.5 Å². The summed E-state index contributed by atoms with van der Waals surface area (Å²) in [7, 11) is -1.74. The third-order valence-corrected chi connectivity index (χ3v) is 11.1. The van der Waals surface area contributed by atoms with E-state index in [0.29, 0.717) is 18.9 Å². The van der Waals surface area contributed by atoms with Crippen LogP contribution in [0.5, 0.6) is 11.5 Å². The summed E-state index contributed by atoms with van der Waals surface area (Å²) >= 11 is 0. The molecular weight excluding hydrogens is 449 g/mol. The van der Waals surface area contributed by atoms with E-state index in [4.69, 9.17) is 10.5 Å². The van der Waals surface area contributed by atoms with Crippen LogP contribution in [0.1, 0.15) is 31.2 Å². The highest BCUT2D eigenvalue weighted by atomic mass is 31.2. The highest BCUT2D eigenvalue weighted by molar-refractivity contribution is 7.95. The zero-order valence-corrected chi connectivity index (χ0v) is 21.1. The maximum atomic E-state index is 9.97. The molecule has 0 aliphatic heterocycles. The zero-order chi connectivity index (χ0) is 24.3. The average Bonchev–Trinajstić information content (AvgIpc) is 2.92. The van der Waals surface area contributed by atoms with E-state index in [-0.39, 0.29) is 5.75 Å². The number of nitrogens with two attached hydrogens (primary N) is 1. The van der Waals surface area contributed by atoms with Gasteiger partial charge in [0.2, 0.25) is 0 Å². The van der Waals surface area contributed by atoms with Crippen molar-refractivity contribution in [2.24, 2.45) is 5.73 Å². The van der Waals surface area contributed by atoms with Gasteiger partial charge in [0.05, 0.1) is 12.8 Å². The van der Waals surface area contributed by atoms with E-state index in [1.807, 2.05) is 12.1 Å². The number of benzene rings is 4. The van der Waals surface area contributed by atoms with E-state index in [1.54, 1.807) is 6.07 Å². The van der Waals surface area contributed by atoms with Gasteiger partial charge in [-0.15, -0.1) is 0 Å². The largest absolute Gasteiger partial charge is 0.507 e. The molecule has 0 bridgehead atoms. The van der Waals surface area contributed by atoms with Crippen LogP contribution in [0.15, 0.2) is 109 Å². The van der Waals surface area contributed by atoms with Crippen molar-refractivity contribution < 1.29 is 9.84 Å². The Morgan fingerprint density at radius 1 is 0.629 bits per heavy atom. The summed E-state index contributed by atoms with van der Waals surface area (Å²) in [6.07, 6.45) is 5.59. The Balaban J connectivity index is 1.42. The summed E-state index contributed by atoms with van der Waals surface area (Å²) in [5, 5.41) is 14.3. The van der Waals surface area contributed by atoms with Crippen LogP contribution < -0.4 is 26.4 Å². The molecule has 0 unspecified atom stereocenters. The second kappa shape index (κ2) is 12.5. The Labute approximate surface area is 209 Å². The lowest BCUT2D eigenvalue weighted by molar-refractivity contribution is 0.303. The lowest BCUT2D eigenvalue weighted by Gasteiger charge is -2.27. The van der Waals surface area contributed by atoms with Crippen LogP contribution in [0.25, 0.3) is 0 Å². The van der Waals surface area contributed by atoms with Crippen molar-refractivity contribution in [1.82, 2.24) is 0 Å². The molecule has 0 saturated heterocycles. The Bertz CT molecular complexity index is 1070. The van der Waals surface area contributed by atoms with Gasteiger partial charge in [-0.3, -0.25) is 0 Å². The van der Waals surface area contributed by atoms with Gasteiger partial charge in [0.25, 0.3) is 0 Å².